The number of hydrogen-bond donors (Lipinski definition) is 3. The summed E-state index contributed by atoms with van der Waals surface area (Å²) in [6, 6.07) is 4.57. The zero-order valence-corrected chi connectivity index (χ0v) is 13.2. The second kappa shape index (κ2) is 6.85. The van der Waals surface area contributed by atoms with E-state index in [1.54, 1.807) is 6.07 Å². The quantitative estimate of drug-likeness (QED) is 0.741. The van der Waals surface area contributed by atoms with Gasteiger partial charge >= 0.3 is 5.97 Å². The van der Waals surface area contributed by atoms with E-state index in [0.717, 1.165) is 0 Å². The van der Waals surface area contributed by atoms with E-state index in [2.05, 4.69) is 21.2 Å². The smallest absolute Gasteiger partial charge is 0.335 e. The van der Waals surface area contributed by atoms with Crippen LogP contribution in [0.25, 0.3) is 0 Å². The first kappa shape index (κ1) is 16.7. The Labute approximate surface area is 126 Å². The number of carboxylic acid groups (broad SMARTS) is 1. The fourth-order valence-electron chi connectivity index (χ4n) is 2.00. The van der Waals surface area contributed by atoms with Gasteiger partial charge in [0.1, 0.15) is 0 Å². The SMILES string of the molecule is CCC(CC)(CN)C(=O)Nc1cc(Br)cc(C(=O)O)c1. The highest BCUT2D eigenvalue weighted by Gasteiger charge is 2.33. The molecule has 6 heteroatoms. The molecule has 1 rings (SSSR count). The lowest BCUT2D eigenvalue weighted by molar-refractivity contribution is -0.125. The monoisotopic (exact) mass is 342 g/mol. The number of aromatic carboxylic acids is 1. The Hall–Kier alpha value is -1.40. The third kappa shape index (κ3) is 3.58. The first-order valence-electron chi connectivity index (χ1n) is 6.44. The molecule has 5 nitrogen and oxygen atoms in total. The summed E-state index contributed by atoms with van der Waals surface area (Å²) >= 11 is 3.23. The molecule has 0 aromatic heterocycles. The summed E-state index contributed by atoms with van der Waals surface area (Å²) < 4.78 is 0.596. The van der Waals surface area contributed by atoms with E-state index in [0.29, 0.717) is 23.0 Å². The summed E-state index contributed by atoms with van der Waals surface area (Å²) in [6.07, 6.45) is 1.26. The first-order valence-corrected chi connectivity index (χ1v) is 7.23. The number of anilines is 1. The maximum Gasteiger partial charge on any atom is 0.335 e. The molecule has 1 amide bonds. The highest BCUT2D eigenvalue weighted by molar-refractivity contribution is 9.10. The normalized spacial score (nSPS) is 11.2. The van der Waals surface area contributed by atoms with Crippen LogP contribution in [0, 0.1) is 5.41 Å². The van der Waals surface area contributed by atoms with Gasteiger partial charge in [-0.2, -0.15) is 0 Å². The average Bonchev–Trinajstić information content (AvgIpc) is 2.40. The number of carbonyl (C=O) groups is 2. The Bertz CT molecular complexity index is 505. The van der Waals surface area contributed by atoms with Gasteiger partial charge in [-0.15, -0.1) is 0 Å². The van der Waals surface area contributed by atoms with Crippen molar-refractivity contribution in [3.05, 3.63) is 28.2 Å². The molecule has 0 saturated carbocycles. The fraction of sp³-hybridized carbons (Fsp3) is 0.429. The van der Waals surface area contributed by atoms with Gasteiger partial charge in [-0.3, -0.25) is 4.79 Å². The zero-order valence-electron chi connectivity index (χ0n) is 11.6. The van der Waals surface area contributed by atoms with Gasteiger partial charge in [0, 0.05) is 16.7 Å². The van der Waals surface area contributed by atoms with Crippen molar-refractivity contribution in [3.63, 3.8) is 0 Å². The summed E-state index contributed by atoms with van der Waals surface area (Å²) in [6.45, 7) is 4.09. The summed E-state index contributed by atoms with van der Waals surface area (Å²) in [5.41, 5.74) is 5.67. The molecule has 0 aliphatic rings. The van der Waals surface area contributed by atoms with Crippen LogP contribution in [0.5, 0.6) is 0 Å². The second-order valence-electron chi connectivity index (χ2n) is 4.68. The third-order valence-corrected chi connectivity index (χ3v) is 4.09. The van der Waals surface area contributed by atoms with E-state index in [9.17, 15) is 9.59 Å². The number of nitrogens with two attached hydrogens (primary N) is 1. The van der Waals surface area contributed by atoms with Crippen LogP contribution in [-0.2, 0) is 4.79 Å². The minimum Gasteiger partial charge on any atom is -0.478 e. The Morgan fingerprint density at radius 1 is 1.30 bits per heavy atom. The van der Waals surface area contributed by atoms with Crippen LogP contribution in [0.1, 0.15) is 37.0 Å². The Kier molecular flexibility index (Phi) is 5.71. The van der Waals surface area contributed by atoms with E-state index in [1.807, 2.05) is 13.8 Å². The standard InChI is InChI=1S/C14H19BrN2O3/c1-3-14(4-2,8-16)13(20)17-11-6-9(12(18)19)5-10(15)7-11/h5-7H,3-4,8,16H2,1-2H3,(H,17,20)(H,18,19). The molecule has 4 N–H and O–H groups in total. The number of hydrogen-bond acceptors (Lipinski definition) is 3. The zero-order chi connectivity index (χ0) is 15.3. The van der Waals surface area contributed by atoms with Crippen LogP contribution in [0.2, 0.25) is 0 Å². The van der Waals surface area contributed by atoms with Gasteiger partial charge in [-0.1, -0.05) is 29.8 Å². The number of benzene rings is 1. The maximum atomic E-state index is 12.4. The lowest BCUT2D eigenvalue weighted by atomic mass is 9.81. The molecule has 0 atom stereocenters. The predicted octanol–water partition coefficient (Wildman–Crippen LogP) is 2.85. The number of rotatable bonds is 6. The highest BCUT2D eigenvalue weighted by atomic mass is 79.9. The van der Waals surface area contributed by atoms with Gasteiger partial charge in [0.25, 0.3) is 0 Å². The highest BCUT2D eigenvalue weighted by Crippen LogP contribution is 2.28. The van der Waals surface area contributed by atoms with E-state index in [4.69, 9.17) is 10.8 Å². The van der Waals surface area contributed by atoms with Crippen molar-refractivity contribution in [2.45, 2.75) is 26.7 Å². The van der Waals surface area contributed by atoms with Crippen molar-refractivity contribution in [1.82, 2.24) is 0 Å². The van der Waals surface area contributed by atoms with E-state index < -0.39 is 11.4 Å². The Morgan fingerprint density at radius 3 is 2.35 bits per heavy atom. The van der Waals surface area contributed by atoms with Crippen molar-refractivity contribution in [3.8, 4) is 0 Å². The molecule has 0 unspecified atom stereocenters. The van der Waals surface area contributed by atoms with Crippen LogP contribution >= 0.6 is 15.9 Å². The average molecular weight is 343 g/mol. The van der Waals surface area contributed by atoms with Gasteiger partial charge in [0.05, 0.1) is 11.0 Å². The number of carboxylic acids is 1. The molecule has 0 spiro atoms. The first-order chi connectivity index (χ1) is 9.38. The lowest BCUT2D eigenvalue weighted by Gasteiger charge is -2.28. The molecule has 0 bridgehead atoms. The van der Waals surface area contributed by atoms with Gasteiger partial charge < -0.3 is 16.2 Å². The third-order valence-electron chi connectivity index (χ3n) is 3.63. The maximum absolute atomic E-state index is 12.4. The molecular weight excluding hydrogens is 324 g/mol. The van der Waals surface area contributed by atoms with Crippen LogP contribution in [0.4, 0.5) is 5.69 Å². The summed E-state index contributed by atoms with van der Waals surface area (Å²) in [7, 11) is 0. The number of carbonyl (C=O) groups excluding carboxylic acids is 1. The molecule has 0 radical (unpaired) electrons. The topological polar surface area (TPSA) is 92.4 Å². The van der Waals surface area contributed by atoms with Crippen LogP contribution in [0.3, 0.4) is 0 Å². The number of halogens is 1. The molecule has 110 valence electrons. The van der Waals surface area contributed by atoms with E-state index >= 15 is 0 Å². The van der Waals surface area contributed by atoms with Crippen LogP contribution in [0.15, 0.2) is 22.7 Å². The summed E-state index contributed by atoms with van der Waals surface area (Å²) in [5.74, 6) is -1.22. The molecule has 0 heterocycles. The van der Waals surface area contributed by atoms with Crippen molar-refractivity contribution in [2.24, 2.45) is 11.1 Å². The van der Waals surface area contributed by atoms with Crippen molar-refractivity contribution in [2.75, 3.05) is 11.9 Å². The molecule has 0 fully saturated rings. The summed E-state index contributed by atoms with van der Waals surface area (Å²) in [5, 5.41) is 11.8. The molecule has 0 aliphatic carbocycles. The predicted molar refractivity (Wildman–Crippen MR) is 81.8 cm³/mol. The van der Waals surface area contributed by atoms with Crippen molar-refractivity contribution >= 4 is 33.5 Å². The van der Waals surface area contributed by atoms with Gasteiger partial charge in [0.15, 0.2) is 0 Å². The van der Waals surface area contributed by atoms with Gasteiger partial charge in [0.2, 0.25) is 5.91 Å². The van der Waals surface area contributed by atoms with Gasteiger partial charge in [-0.25, -0.2) is 4.79 Å². The lowest BCUT2D eigenvalue weighted by Crippen LogP contribution is -2.41. The van der Waals surface area contributed by atoms with Crippen molar-refractivity contribution < 1.29 is 14.7 Å². The number of nitrogens with one attached hydrogen (secondary N) is 1. The fourth-order valence-corrected chi connectivity index (χ4v) is 2.49. The van der Waals surface area contributed by atoms with Crippen molar-refractivity contribution in [1.29, 1.82) is 0 Å². The second-order valence-corrected chi connectivity index (χ2v) is 5.60. The minimum atomic E-state index is -1.04. The van der Waals surface area contributed by atoms with Gasteiger partial charge in [-0.05, 0) is 31.0 Å². The number of amides is 1. The largest absolute Gasteiger partial charge is 0.478 e. The molecule has 1 aromatic carbocycles. The Balaban J connectivity index is 3.04. The molecule has 0 saturated heterocycles. The van der Waals surface area contributed by atoms with Crippen LogP contribution < -0.4 is 11.1 Å². The molecular formula is C14H19BrN2O3. The van der Waals surface area contributed by atoms with E-state index in [-0.39, 0.29) is 18.0 Å². The summed E-state index contributed by atoms with van der Waals surface area (Å²) in [4.78, 5) is 23.4. The molecule has 20 heavy (non-hydrogen) atoms. The van der Waals surface area contributed by atoms with Crippen LogP contribution in [-0.4, -0.2) is 23.5 Å². The molecule has 1 aromatic rings. The van der Waals surface area contributed by atoms with E-state index in [1.165, 1.54) is 12.1 Å². The minimum absolute atomic E-state index is 0.112. The Morgan fingerprint density at radius 2 is 1.90 bits per heavy atom. The molecule has 0 aliphatic heterocycles.